The summed E-state index contributed by atoms with van der Waals surface area (Å²) in [5.74, 6) is 0. The van der Waals surface area contributed by atoms with Crippen molar-refractivity contribution >= 4 is 0 Å². The Labute approximate surface area is 171 Å². The van der Waals surface area contributed by atoms with Crippen LogP contribution >= 0.6 is 0 Å². The van der Waals surface area contributed by atoms with E-state index in [1.807, 2.05) is 13.8 Å². The molecule has 2 aliphatic rings. The van der Waals surface area contributed by atoms with Crippen LogP contribution in [0, 0.1) is 0 Å². The Morgan fingerprint density at radius 2 is 1.66 bits per heavy atom. The number of aryl methyl sites for hydroxylation is 1. The smallest absolute Gasteiger partial charge is 0.330 e. The zero-order chi connectivity index (χ0) is 21.6. The van der Waals surface area contributed by atoms with Gasteiger partial charge in [-0.3, -0.25) is 14.3 Å². The highest BCUT2D eigenvalue weighted by Gasteiger charge is 2.34. The summed E-state index contributed by atoms with van der Waals surface area (Å²) in [6, 6.07) is 0. The van der Waals surface area contributed by atoms with Crippen molar-refractivity contribution in [2.24, 2.45) is 0 Å². The van der Waals surface area contributed by atoms with Crippen molar-refractivity contribution in [3.8, 4) is 0 Å². The lowest BCUT2D eigenvalue weighted by Crippen LogP contribution is -2.34. The number of rotatable bonds is 6. The van der Waals surface area contributed by atoms with Crippen LogP contribution in [0.4, 0.5) is 0 Å². The Bertz CT molecular complexity index is 745. The molecule has 166 valence electrons. The van der Waals surface area contributed by atoms with Gasteiger partial charge in [0.25, 0.3) is 5.56 Å². The van der Waals surface area contributed by atoms with Gasteiger partial charge in [-0.25, -0.2) is 4.79 Å². The summed E-state index contributed by atoms with van der Waals surface area (Å²) in [5, 5.41) is 19.2. The zero-order valence-electron chi connectivity index (χ0n) is 18.0. The van der Waals surface area contributed by atoms with Gasteiger partial charge in [0.1, 0.15) is 6.23 Å². The molecule has 3 rings (SSSR count). The highest BCUT2D eigenvalue weighted by atomic mass is 16.5. The molecule has 0 bridgehead atoms. The van der Waals surface area contributed by atoms with Gasteiger partial charge in [-0.1, -0.05) is 34.1 Å². The van der Waals surface area contributed by atoms with Crippen molar-refractivity contribution in [3.05, 3.63) is 32.6 Å². The number of aromatic amines is 1. The monoisotopic (exact) mass is 412 g/mol. The normalized spacial score (nSPS) is 31.5. The largest absolute Gasteiger partial charge is 0.390 e. The van der Waals surface area contributed by atoms with Crippen LogP contribution in [0.25, 0.3) is 0 Å². The number of H-pyrrole nitrogens is 1. The first-order valence-corrected chi connectivity index (χ1v) is 10.9. The summed E-state index contributed by atoms with van der Waals surface area (Å²) < 4.78 is 12.6. The van der Waals surface area contributed by atoms with Gasteiger partial charge >= 0.3 is 5.69 Å². The highest BCUT2D eigenvalue weighted by Crippen LogP contribution is 2.29. The number of nitrogens with zero attached hydrogens (tertiary/aromatic N) is 1. The average molecular weight is 413 g/mol. The summed E-state index contributed by atoms with van der Waals surface area (Å²) in [6.45, 7) is 7.97. The minimum absolute atomic E-state index is 0.103. The first kappa shape index (κ1) is 23.8. The third-order valence-electron chi connectivity index (χ3n) is 5.65. The minimum Gasteiger partial charge on any atom is -0.390 e. The minimum atomic E-state index is -0.566. The number of hydrogen-bond acceptors (Lipinski definition) is 6. The zero-order valence-corrected chi connectivity index (χ0v) is 18.0. The van der Waals surface area contributed by atoms with Crippen molar-refractivity contribution in [1.82, 2.24) is 9.55 Å². The summed E-state index contributed by atoms with van der Waals surface area (Å²) >= 11 is 0. The maximum Gasteiger partial charge on any atom is 0.330 e. The molecule has 3 N–H and O–H groups in total. The number of nitrogens with one attached hydrogen (secondary N) is 1. The molecule has 0 amide bonds. The van der Waals surface area contributed by atoms with Gasteiger partial charge in [0, 0.05) is 24.6 Å². The van der Waals surface area contributed by atoms with E-state index in [4.69, 9.17) is 9.47 Å². The van der Waals surface area contributed by atoms with Crippen LogP contribution in [0.2, 0.25) is 0 Å². The Morgan fingerprint density at radius 1 is 1.03 bits per heavy atom. The van der Waals surface area contributed by atoms with Crippen molar-refractivity contribution in [2.75, 3.05) is 0 Å². The van der Waals surface area contributed by atoms with E-state index in [0.29, 0.717) is 30.9 Å². The SMILES string of the molecule is CCC[C@H]1CC(O)[C@@H](CC)O1.CCc1cn([C@H]2CC(O)[C@@H](CC)O2)c(=O)[nH]c1=O. The second-order valence-corrected chi connectivity index (χ2v) is 7.81. The van der Waals surface area contributed by atoms with Crippen LogP contribution in [0.5, 0.6) is 0 Å². The van der Waals surface area contributed by atoms with E-state index in [9.17, 15) is 19.8 Å². The molecule has 2 unspecified atom stereocenters. The number of aromatic nitrogens is 2. The molecule has 1 aromatic heterocycles. The Kier molecular flexibility index (Phi) is 9.07. The van der Waals surface area contributed by atoms with Gasteiger partial charge in [0.05, 0.1) is 30.5 Å². The molecule has 2 fully saturated rings. The molecule has 0 saturated carbocycles. The summed E-state index contributed by atoms with van der Waals surface area (Å²) in [4.78, 5) is 25.5. The van der Waals surface area contributed by atoms with Crippen molar-refractivity contribution < 1.29 is 19.7 Å². The molecule has 2 aliphatic heterocycles. The molecular weight excluding hydrogens is 376 g/mol. The lowest BCUT2D eigenvalue weighted by atomic mass is 10.1. The van der Waals surface area contributed by atoms with Crippen LogP contribution in [0.15, 0.2) is 15.8 Å². The summed E-state index contributed by atoms with van der Waals surface area (Å²) in [6.07, 6.45) is 6.03. The van der Waals surface area contributed by atoms with Crippen LogP contribution < -0.4 is 11.2 Å². The molecule has 29 heavy (non-hydrogen) atoms. The van der Waals surface area contributed by atoms with E-state index >= 15 is 0 Å². The highest BCUT2D eigenvalue weighted by molar-refractivity contribution is 5.04. The quantitative estimate of drug-likeness (QED) is 0.657. The van der Waals surface area contributed by atoms with Gasteiger partial charge in [-0.2, -0.15) is 0 Å². The van der Waals surface area contributed by atoms with Gasteiger partial charge in [-0.05, 0) is 25.7 Å². The molecule has 8 heteroatoms. The van der Waals surface area contributed by atoms with Gasteiger partial charge in [0.2, 0.25) is 0 Å². The summed E-state index contributed by atoms with van der Waals surface area (Å²) in [5.41, 5.74) is -0.317. The first-order chi connectivity index (χ1) is 13.8. The van der Waals surface area contributed by atoms with E-state index in [2.05, 4.69) is 18.8 Å². The Hall–Kier alpha value is -1.48. The average Bonchev–Trinajstić information content (AvgIpc) is 3.24. The second kappa shape index (κ2) is 11.1. The van der Waals surface area contributed by atoms with E-state index in [1.165, 1.54) is 10.8 Å². The predicted octanol–water partition coefficient (Wildman–Crippen LogP) is 1.87. The molecule has 0 spiro atoms. The van der Waals surface area contributed by atoms with Crippen molar-refractivity contribution in [2.45, 2.75) is 109 Å². The Balaban J connectivity index is 0.000000234. The fourth-order valence-corrected chi connectivity index (χ4v) is 3.94. The molecule has 2 saturated heterocycles. The van der Waals surface area contributed by atoms with Crippen LogP contribution in [0.3, 0.4) is 0 Å². The molecule has 0 radical (unpaired) electrons. The third kappa shape index (κ3) is 6.01. The fraction of sp³-hybridized carbons (Fsp3) is 0.810. The molecule has 1 aromatic rings. The molecule has 0 aromatic carbocycles. The predicted molar refractivity (Wildman–Crippen MR) is 110 cm³/mol. The lowest BCUT2D eigenvalue weighted by Gasteiger charge is -2.15. The van der Waals surface area contributed by atoms with Crippen molar-refractivity contribution in [3.63, 3.8) is 0 Å². The number of ether oxygens (including phenoxy) is 2. The van der Waals surface area contributed by atoms with Gasteiger partial charge in [0.15, 0.2) is 0 Å². The third-order valence-corrected chi connectivity index (χ3v) is 5.65. The summed E-state index contributed by atoms with van der Waals surface area (Å²) in [7, 11) is 0. The topological polar surface area (TPSA) is 114 Å². The molecule has 8 nitrogen and oxygen atoms in total. The van der Waals surface area contributed by atoms with E-state index in [-0.39, 0.29) is 23.9 Å². The number of aliphatic hydroxyl groups is 2. The maximum absolute atomic E-state index is 11.7. The van der Waals surface area contributed by atoms with Crippen LogP contribution in [-0.4, -0.2) is 50.3 Å². The molecule has 0 aliphatic carbocycles. The Morgan fingerprint density at radius 3 is 2.17 bits per heavy atom. The first-order valence-electron chi connectivity index (χ1n) is 10.9. The standard InChI is InChI=1S/C12H18N2O4.C9H18O2/c1-3-7-6-14(12(17)13-11(7)16)10-5-8(15)9(4-2)18-10;1-3-5-7-6-8(10)9(4-2)11-7/h6,8-10,15H,3-5H2,1-2H3,(H,13,16,17);7-10H,3-6H2,1-2H3/t8?,9-,10-;7-,8?,9+/m10/s1. The lowest BCUT2D eigenvalue weighted by molar-refractivity contribution is -0.0218. The van der Waals surface area contributed by atoms with E-state index < -0.39 is 18.0 Å². The number of hydrogen-bond donors (Lipinski definition) is 3. The number of aliphatic hydroxyl groups excluding tert-OH is 2. The van der Waals surface area contributed by atoms with Gasteiger partial charge in [-0.15, -0.1) is 0 Å². The molecule has 6 atom stereocenters. The molecular formula is C21H36N2O6. The van der Waals surface area contributed by atoms with E-state index in [1.54, 1.807) is 0 Å². The van der Waals surface area contributed by atoms with Crippen LogP contribution in [-0.2, 0) is 15.9 Å². The maximum atomic E-state index is 11.7. The van der Waals surface area contributed by atoms with Gasteiger partial charge < -0.3 is 19.7 Å². The van der Waals surface area contributed by atoms with Crippen LogP contribution in [0.1, 0.15) is 78.0 Å². The van der Waals surface area contributed by atoms with E-state index in [0.717, 1.165) is 25.7 Å². The van der Waals surface area contributed by atoms with Crippen molar-refractivity contribution in [1.29, 1.82) is 0 Å². The fourth-order valence-electron chi connectivity index (χ4n) is 3.94. The second-order valence-electron chi connectivity index (χ2n) is 7.81. The molecule has 3 heterocycles.